The van der Waals surface area contributed by atoms with E-state index < -0.39 is 0 Å². The molecule has 2 heteroatoms. The van der Waals surface area contributed by atoms with Gasteiger partial charge in [0.15, 0.2) is 0 Å². The average molecular weight is 286 g/mol. The normalized spacial score (nSPS) is 21.9. The summed E-state index contributed by atoms with van der Waals surface area (Å²) in [5, 5.41) is 3.50. The summed E-state index contributed by atoms with van der Waals surface area (Å²) in [6.07, 6.45) is 5.51. The smallest absolute Gasteiger partial charge is 0.0374 e. The van der Waals surface area contributed by atoms with Crippen molar-refractivity contribution in [3.8, 4) is 0 Å². The zero-order valence-electron chi connectivity index (χ0n) is 13.6. The van der Waals surface area contributed by atoms with E-state index in [0.29, 0.717) is 12.0 Å². The first-order valence-electron chi connectivity index (χ1n) is 8.77. The monoisotopic (exact) mass is 286 g/mol. The maximum absolute atomic E-state index is 3.50. The number of hydrogen-bond acceptors (Lipinski definition) is 2. The number of piperidine rings is 1. The molecule has 2 aliphatic rings. The molecule has 3 rings (SSSR count). The van der Waals surface area contributed by atoms with Crippen molar-refractivity contribution in [1.29, 1.82) is 0 Å². The molecule has 0 bridgehead atoms. The van der Waals surface area contributed by atoms with Crippen molar-refractivity contribution in [2.24, 2.45) is 11.8 Å². The summed E-state index contributed by atoms with van der Waals surface area (Å²) in [5.74, 6) is 1.56. The lowest BCUT2D eigenvalue weighted by Crippen LogP contribution is -2.40. The van der Waals surface area contributed by atoms with Crippen LogP contribution in [0.2, 0.25) is 0 Å². The Balaban J connectivity index is 1.76. The molecule has 1 aromatic rings. The SMILES string of the molecule is CC(C)C(c1ccccc1)N(CC1CCNCC1)C1CC1. The highest BCUT2D eigenvalue weighted by atomic mass is 15.2. The van der Waals surface area contributed by atoms with Crippen molar-refractivity contribution in [2.75, 3.05) is 19.6 Å². The van der Waals surface area contributed by atoms with Crippen LogP contribution in [-0.2, 0) is 0 Å². The Bertz CT molecular complexity index is 418. The Labute approximate surface area is 129 Å². The fourth-order valence-corrected chi connectivity index (χ4v) is 3.87. The van der Waals surface area contributed by atoms with Gasteiger partial charge in [-0.25, -0.2) is 0 Å². The van der Waals surface area contributed by atoms with Crippen LogP contribution in [0.15, 0.2) is 30.3 Å². The molecule has 1 aliphatic carbocycles. The van der Waals surface area contributed by atoms with E-state index in [4.69, 9.17) is 0 Å². The van der Waals surface area contributed by atoms with E-state index in [9.17, 15) is 0 Å². The van der Waals surface area contributed by atoms with Gasteiger partial charge in [-0.1, -0.05) is 44.2 Å². The van der Waals surface area contributed by atoms with Crippen LogP contribution in [-0.4, -0.2) is 30.6 Å². The van der Waals surface area contributed by atoms with E-state index in [0.717, 1.165) is 12.0 Å². The van der Waals surface area contributed by atoms with E-state index in [1.165, 1.54) is 50.9 Å². The molecule has 1 heterocycles. The average Bonchev–Trinajstić information content (AvgIpc) is 3.33. The molecule has 116 valence electrons. The topological polar surface area (TPSA) is 15.3 Å². The standard InChI is InChI=1S/C19H30N2/c1-15(2)19(17-6-4-3-5-7-17)21(18-8-9-18)14-16-10-12-20-13-11-16/h3-7,15-16,18-20H,8-14H2,1-2H3. The van der Waals surface area contributed by atoms with Crippen LogP contribution in [0.5, 0.6) is 0 Å². The first kappa shape index (κ1) is 15.1. The quantitative estimate of drug-likeness (QED) is 0.854. The number of nitrogens with zero attached hydrogens (tertiary/aromatic N) is 1. The fraction of sp³-hybridized carbons (Fsp3) is 0.684. The first-order valence-corrected chi connectivity index (χ1v) is 8.77. The fourth-order valence-electron chi connectivity index (χ4n) is 3.87. The molecular formula is C19H30N2. The maximum Gasteiger partial charge on any atom is 0.0374 e. The second kappa shape index (κ2) is 6.93. The molecule has 1 N–H and O–H groups in total. The Morgan fingerprint density at radius 1 is 1.05 bits per heavy atom. The first-order chi connectivity index (χ1) is 10.3. The largest absolute Gasteiger partial charge is 0.317 e. The van der Waals surface area contributed by atoms with Gasteiger partial charge in [0, 0.05) is 18.6 Å². The predicted molar refractivity (Wildman–Crippen MR) is 89.3 cm³/mol. The van der Waals surface area contributed by atoms with Crippen LogP contribution >= 0.6 is 0 Å². The number of benzene rings is 1. The zero-order chi connectivity index (χ0) is 14.7. The van der Waals surface area contributed by atoms with Crippen LogP contribution in [0, 0.1) is 11.8 Å². The Morgan fingerprint density at radius 2 is 1.71 bits per heavy atom. The highest BCUT2D eigenvalue weighted by molar-refractivity contribution is 5.20. The van der Waals surface area contributed by atoms with Gasteiger partial charge in [0.1, 0.15) is 0 Å². The molecule has 2 fully saturated rings. The number of rotatable bonds is 6. The summed E-state index contributed by atoms with van der Waals surface area (Å²) in [4.78, 5) is 2.84. The lowest BCUT2D eigenvalue weighted by molar-refractivity contribution is 0.112. The van der Waals surface area contributed by atoms with Crippen molar-refractivity contribution >= 4 is 0 Å². The van der Waals surface area contributed by atoms with Gasteiger partial charge in [-0.15, -0.1) is 0 Å². The summed E-state index contributed by atoms with van der Waals surface area (Å²) in [7, 11) is 0. The summed E-state index contributed by atoms with van der Waals surface area (Å²) in [6, 6.07) is 12.6. The van der Waals surface area contributed by atoms with E-state index in [-0.39, 0.29) is 0 Å². The highest BCUT2D eigenvalue weighted by Crippen LogP contribution is 2.39. The van der Waals surface area contributed by atoms with E-state index in [1.54, 1.807) is 0 Å². The van der Waals surface area contributed by atoms with Crippen LogP contribution < -0.4 is 5.32 Å². The van der Waals surface area contributed by atoms with Crippen molar-refractivity contribution in [2.45, 2.75) is 51.6 Å². The minimum Gasteiger partial charge on any atom is -0.317 e. The molecule has 1 aromatic carbocycles. The molecule has 1 saturated carbocycles. The number of hydrogen-bond donors (Lipinski definition) is 1. The molecule has 0 aromatic heterocycles. The Morgan fingerprint density at radius 3 is 2.29 bits per heavy atom. The minimum absolute atomic E-state index is 0.591. The van der Waals surface area contributed by atoms with Crippen LogP contribution in [0.3, 0.4) is 0 Å². The van der Waals surface area contributed by atoms with Gasteiger partial charge in [-0.05, 0) is 56.2 Å². The maximum atomic E-state index is 3.50. The predicted octanol–water partition coefficient (Wildman–Crippen LogP) is 3.85. The second-order valence-electron chi connectivity index (χ2n) is 7.22. The third-order valence-electron chi connectivity index (χ3n) is 5.07. The lowest BCUT2D eigenvalue weighted by Gasteiger charge is -2.38. The molecule has 1 unspecified atom stereocenters. The molecule has 1 aliphatic heterocycles. The summed E-state index contributed by atoms with van der Waals surface area (Å²) in [5.41, 5.74) is 1.51. The van der Waals surface area contributed by atoms with E-state index in [2.05, 4.69) is 54.4 Å². The third-order valence-corrected chi connectivity index (χ3v) is 5.07. The molecule has 21 heavy (non-hydrogen) atoms. The van der Waals surface area contributed by atoms with Crippen molar-refractivity contribution in [3.05, 3.63) is 35.9 Å². The van der Waals surface area contributed by atoms with Gasteiger partial charge in [0.2, 0.25) is 0 Å². The van der Waals surface area contributed by atoms with Gasteiger partial charge in [0.05, 0.1) is 0 Å². The summed E-state index contributed by atoms with van der Waals surface area (Å²) in [6.45, 7) is 8.48. The molecule has 0 amide bonds. The van der Waals surface area contributed by atoms with Crippen LogP contribution in [0.4, 0.5) is 0 Å². The van der Waals surface area contributed by atoms with Gasteiger partial charge in [-0.2, -0.15) is 0 Å². The highest BCUT2D eigenvalue weighted by Gasteiger charge is 2.37. The van der Waals surface area contributed by atoms with Crippen LogP contribution in [0.25, 0.3) is 0 Å². The van der Waals surface area contributed by atoms with Crippen molar-refractivity contribution in [1.82, 2.24) is 10.2 Å². The number of nitrogens with one attached hydrogen (secondary N) is 1. The molecular weight excluding hydrogens is 256 g/mol. The van der Waals surface area contributed by atoms with Gasteiger partial charge >= 0.3 is 0 Å². The van der Waals surface area contributed by atoms with E-state index >= 15 is 0 Å². The van der Waals surface area contributed by atoms with Crippen LogP contribution in [0.1, 0.15) is 51.1 Å². The second-order valence-corrected chi connectivity index (χ2v) is 7.22. The van der Waals surface area contributed by atoms with Crippen molar-refractivity contribution in [3.63, 3.8) is 0 Å². The molecule has 0 spiro atoms. The Hall–Kier alpha value is -0.860. The van der Waals surface area contributed by atoms with Gasteiger partial charge in [-0.3, -0.25) is 4.90 Å². The molecule has 2 nitrogen and oxygen atoms in total. The summed E-state index contributed by atoms with van der Waals surface area (Å²) >= 11 is 0. The zero-order valence-corrected chi connectivity index (χ0v) is 13.6. The third kappa shape index (κ3) is 3.87. The molecule has 1 saturated heterocycles. The molecule has 0 radical (unpaired) electrons. The lowest BCUT2D eigenvalue weighted by atomic mass is 9.91. The van der Waals surface area contributed by atoms with E-state index in [1.807, 2.05) is 0 Å². The summed E-state index contributed by atoms with van der Waals surface area (Å²) < 4.78 is 0. The molecule has 1 atom stereocenters. The van der Waals surface area contributed by atoms with Crippen molar-refractivity contribution < 1.29 is 0 Å². The Kier molecular flexibility index (Phi) is 4.97. The van der Waals surface area contributed by atoms with Gasteiger partial charge in [0.25, 0.3) is 0 Å². The van der Waals surface area contributed by atoms with Gasteiger partial charge < -0.3 is 5.32 Å². The minimum atomic E-state index is 0.591.